The lowest BCUT2D eigenvalue weighted by Gasteiger charge is -2.12. The Kier molecular flexibility index (Phi) is 4.81. The molecule has 0 aliphatic heterocycles. The van der Waals surface area contributed by atoms with Gasteiger partial charge in [-0.25, -0.2) is 9.36 Å². The van der Waals surface area contributed by atoms with Crippen molar-refractivity contribution in [3.8, 4) is 0 Å². The number of fused-ring (bicyclic) bond motifs is 3. The van der Waals surface area contributed by atoms with Crippen LogP contribution in [0.3, 0.4) is 0 Å². The van der Waals surface area contributed by atoms with E-state index in [1.54, 1.807) is 25.5 Å². The van der Waals surface area contributed by atoms with Gasteiger partial charge < -0.3 is 9.30 Å². The normalized spacial score (nSPS) is 13.0. The van der Waals surface area contributed by atoms with E-state index >= 15 is 0 Å². The molecule has 3 heterocycles. The number of carbonyl (C=O) groups excluding carboxylic acids is 1. The molecule has 0 aliphatic rings. The molecule has 0 saturated heterocycles. The molecule has 146 valence electrons. The average molecular weight is 375 g/mol. The minimum atomic E-state index is -0.837. The minimum absolute atomic E-state index is 0.251. The Hall–Kier alpha value is -2.68. The van der Waals surface area contributed by atoms with Crippen LogP contribution in [0, 0.1) is 13.8 Å². The zero-order valence-electron chi connectivity index (χ0n) is 16.6. The molecule has 0 fully saturated rings. The highest BCUT2D eigenvalue weighted by Crippen LogP contribution is 2.21. The van der Waals surface area contributed by atoms with Crippen LogP contribution in [0.4, 0.5) is 0 Å². The zero-order valence-corrected chi connectivity index (χ0v) is 16.6. The number of ether oxygens (including phenoxy) is 1. The Labute approximate surface area is 155 Å². The summed E-state index contributed by atoms with van der Waals surface area (Å²) in [6.07, 6.45) is 0.800. The van der Waals surface area contributed by atoms with Crippen LogP contribution in [0.2, 0.25) is 0 Å². The number of aryl methyl sites for hydroxylation is 3. The van der Waals surface area contributed by atoms with Gasteiger partial charge in [0.25, 0.3) is 5.56 Å². The number of Topliss-reactive ketones (excluding diaryl/α,β-unsaturated/α-hetero) is 1. The number of hydrogen-bond acceptors (Lipinski definition) is 5. The van der Waals surface area contributed by atoms with Gasteiger partial charge in [0.05, 0.1) is 6.04 Å². The average Bonchev–Trinajstić information content (AvgIpc) is 3.11. The molecule has 0 spiro atoms. The van der Waals surface area contributed by atoms with Gasteiger partial charge in [-0.15, -0.1) is 0 Å². The number of imidazole rings is 2. The van der Waals surface area contributed by atoms with Crippen LogP contribution in [0.1, 0.15) is 37.7 Å². The number of ketones is 1. The number of hydrogen-bond donors (Lipinski definition) is 0. The van der Waals surface area contributed by atoms with E-state index in [1.165, 1.54) is 11.5 Å². The van der Waals surface area contributed by atoms with Crippen LogP contribution in [0.15, 0.2) is 9.59 Å². The van der Waals surface area contributed by atoms with Crippen LogP contribution >= 0.6 is 0 Å². The third kappa shape index (κ3) is 2.73. The first-order valence-electron chi connectivity index (χ1n) is 8.91. The molecule has 0 radical (unpaired) electrons. The summed E-state index contributed by atoms with van der Waals surface area (Å²) in [5.74, 6) is 0.357. The van der Waals surface area contributed by atoms with Gasteiger partial charge in [-0.1, -0.05) is 0 Å². The van der Waals surface area contributed by atoms with E-state index in [4.69, 9.17) is 4.74 Å². The fourth-order valence-electron chi connectivity index (χ4n) is 3.44. The molecule has 9 heteroatoms. The highest BCUT2D eigenvalue weighted by Gasteiger charge is 2.25. The number of nitrogens with zero attached hydrogens (tertiary/aromatic N) is 5. The van der Waals surface area contributed by atoms with Crippen molar-refractivity contribution in [2.45, 2.75) is 46.7 Å². The Balaban J connectivity index is 2.41. The van der Waals surface area contributed by atoms with Crippen molar-refractivity contribution in [3.05, 3.63) is 32.2 Å². The molecular weight excluding hydrogens is 350 g/mol. The summed E-state index contributed by atoms with van der Waals surface area (Å²) >= 11 is 0. The van der Waals surface area contributed by atoms with Gasteiger partial charge in [0, 0.05) is 38.7 Å². The molecule has 3 aromatic rings. The maximum Gasteiger partial charge on any atom is 0.333 e. The molecule has 1 unspecified atom stereocenters. The van der Waals surface area contributed by atoms with E-state index in [-0.39, 0.29) is 5.78 Å². The molecule has 0 bridgehead atoms. The summed E-state index contributed by atoms with van der Waals surface area (Å²) in [5, 5.41) is 0. The van der Waals surface area contributed by atoms with Gasteiger partial charge in [0.2, 0.25) is 5.78 Å². The number of rotatable bonds is 6. The van der Waals surface area contributed by atoms with Crippen LogP contribution in [-0.2, 0) is 23.1 Å². The molecule has 0 aliphatic carbocycles. The third-order valence-corrected chi connectivity index (χ3v) is 5.28. The van der Waals surface area contributed by atoms with E-state index in [9.17, 15) is 14.4 Å². The van der Waals surface area contributed by atoms with Crippen LogP contribution in [0.5, 0.6) is 0 Å². The molecule has 3 rings (SSSR count). The van der Waals surface area contributed by atoms with Crippen molar-refractivity contribution in [2.24, 2.45) is 7.05 Å². The first-order chi connectivity index (χ1) is 12.7. The van der Waals surface area contributed by atoms with E-state index in [0.29, 0.717) is 30.1 Å². The maximum absolute atomic E-state index is 13.2. The molecule has 0 N–H and O–H groups in total. The number of methoxy groups -OCH3 is 1. The SMILES string of the molecule is COCCCn1c(C)c(C)n2c3c(=O)n(C(C)C(C)=O)c(=O)n(C)c3nc12. The lowest BCUT2D eigenvalue weighted by atomic mass is 10.2. The first kappa shape index (κ1) is 19.1. The number of aromatic nitrogens is 5. The Morgan fingerprint density at radius 1 is 1.22 bits per heavy atom. The minimum Gasteiger partial charge on any atom is -0.385 e. The zero-order chi connectivity index (χ0) is 20.0. The van der Waals surface area contributed by atoms with E-state index < -0.39 is 17.3 Å². The molecule has 27 heavy (non-hydrogen) atoms. The summed E-state index contributed by atoms with van der Waals surface area (Å²) in [4.78, 5) is 42.3. The van der Waals surface area contributed by atoms with Gasteiger partial charge in [-0.05, 0) is 34.1 Å². The fourth-order valence-corrected chi connectivity index (χ4v) is 3.44. The topological polar surface area (TPSA) is 92.5 Å². The smallest absolute Gasteiger partial charge is 0.333 e. The molecule has 0 amide bonds. The van der Waals surface area contributed by atoms with Gasteiger partial charge in [0.15, 0.2) is 16.9 Å². The standard InChI is InChI=1S/C18H25N5O4/c1-10-11(2)22-14-15(19-17(22)21(10)8-7-9-27-6)20(5)18(26)23(16(14)25)12(3)13(4)24/h12H,7-9H2,1-6H3. The van der Waals surface area contributed by atoms with Crippen molar-refractivity contribution in [1.29, 1.82) is 0 Å². The largest absolute Gasteiger partial charge is 0.385 e. The van der Waals surface area contributed by atoms with Gasteiger partial charge in [0.1, 0.15) is 0 Å². The van der Waals surface area contributed by atoms with Crippen molar-refractivity contribution < 1.29 is 9.53 Å². The lowest BCUT2D eigenvalue weighted by Crippen LogP contribution is -2.42. The van der Waals surface area contributed by atoms with Crippen molar-refractivity contribution in [2.75, 3.05) is 13.7 Å². The quantitative estimate of drug-likeness (QED) is 0.598. The molecule has 0 aromatic carbocycles. The second kappa shape index (κ2) is 6.80. The Morgan fingerprint density at radius 2 is 1.89 bits per heavy atom. The maximum atomic E-state index is 13.2. The van der Waals surface area contributed by atoms with Crippen molar-refractivity contribution >= 4 is 22.7 Å². The molecule has 3 aromatic heterocycles. The second-order valence-electron chi connectivity index (χ2n) is 6.89. The highest BCUT2D eigenvalue weighted by molar-refractivity contribution is 5.81. The van der Waals surface area contributed by atoms with Crippen LogP contribution in [-0.4, -0.2) is 42.6 Å². The molecular formula is C18H25N5O4. The molecule has 1 atom stereocenters. The third-order valence-electron chi connectivity index (χ3n) is 5.28. The summed E-state index contributed by atoms with van der Waals surface area (Å²) in [5.41, 5.74) is 1.45. The van der Waals surface area contributed by atoms with Gasteiger partial charge in [-0.3, -0.25) is 18.6 Å². The fraction of sp³-hybridized carbons (Fsp3) is 0.556. The van der Waals surface area contributed by atoms with Crippen molar-refractivity contribution in [3.63, 3.8) is 0 Å². The van der Waals surface area contributed by atoms with Gasteiger partial charge in [-0.2, -0.15) is 4.98 Å². The summed E-state index contributed by atoms with van der Waals surface area (Å²) in [7, 11) is 3.22. The van der Waals surface area contributed by atoms with Crippen LogP contribution in [0.25, 0.3) is 16.9 Å². The predicted molar refractivity (Wildman–Crippen MR) is 102 cm³/mol. The molecule has 0 saturated carbocycles. The van der Waals surface area contributed by atoms with Crippen molar-refractivity contribution in [1.82, 2.24) is 23.1 Å². The van der Waals surface area contributed by atoms with E-state index in [1.807, 2.05) is 18.4 Å². The van der Waals surface area contributed by atoms with E-state index in [2.05, 4.69) is 4.98 Å². The monoisotopic (exact) mass is 375 g/mol. The number of carbonyl (C=O) groups is 1. The Bertz CT molecular complexity index is 1160. The Morgan fingerprint density at radius 3 is 2.48 bits per heavy atom. The van der Waals surface area contributed by atoms with Crippen LogP contribution < -0.4 is 11.2 Å². The predicted octanol–water partition coefficient (Wildman–Crippen LogP) is 0.953. The summed E-state index contributed by atoms with van der Waals surface area (Å²) < 4.78 is 11.3. The van der Waals surface area contributed by atoms with Gasteiger partial charge >= 0.3 is 5.69 Å². The summed E-state index contributed by atoms with van der Waals surface area (Å²) in [6, 6.07) is -0.837. The first-order valence-corrected chi connectivity index (χ1v) is 8.91. The highest BCUT2D eigenvalue weighted by atomic mass is 16.5. The lowest BCUT2D eigenvalue weighted by molar-refractivity contribution is -0.119. The van der Waals surface area contributed by atoms with E-state index in [0.717, 1.165) is 22.4 Å². The molecule has 9 nitrogen and oxygen atoms in total. The summed E-state index contributed by atoms with van der Waals surface area (Å²) in [6.45, 7) is 8.12. The second-order valence-corrected chi connectivity index (χ2v) is 6.89.